The lowest BCUT2D eigenvalue weighted by Crippen LogP contribution is -2.07. The third-order valence-electron chi connectivity index (χ3n) is 3.14. The number of halogens is 1. The molecule has 0 aliphatic rings. The summed E-state index contributed by atoms with van der Waals surface area (Å²) in [4.78, 5) is 10.1. The molecule has 0 aliphatic heterocycles. The number of benzene rings is 2. The lowest BCUT2D eigenvalue weighted by atomic mass is 10.1. The summed E-state index contributed by atoms with van der Waals surface area (Å²) < 4.78 is 18.5. The summed E-state index contributed by atoms with van der Waals surface area (Å²) in [7, 11) is 1.41. The van der Waals surface area contributed by atoms with Gasteiger partial charge in [0.1, 0.15) is 0 Å². The van der Waals surface area contributed by atoms with Gasteiger partial charge in [0, 0.05) is 23.9 Å². The molecule has 0 saturated carbocycles. The van der Waals surface area contributed by atoms with Crippen molar-refractivity contribution in [3.8, 4) is 5.75 Å². The van der Waals surface area contributed by atoms with E-state index in [1.807, 2.05) is 6.92 Å². The molecule has 2 rings (SSSR count). The largest absolute Gasteiger partial charge is 0.494 e. The summed E-state index contributed by atoms with van der Waals surface area (Å²) in [6.07, 6.45) is 0. The van der Waals surface area contributed by atoms with Crippen molar-refractivity contribution in [3.05, 3.63) is 64.0 Å². The molecule has 0 heterocycles. The molecule has 0 bridgehead atoms. The first-order valence-corrected chi connectivity index (χ1v) is 6.35. The number of anilines is 1. The van der Waals surface area contributed by atoms with Crippen molar-refractivity contribution in [3.63, 3.8) is 0 Å². The van der Waals surface area contributed by atoms with Crippen LogP contribution in [0.4, 0.5) is 15.8 Å². The number of nitro benzene ring substituents is 1. The van der Waals surface area contributed by atoms with Gasteiger partial charge in [-0.15, -0.1) is 0 Å². The van der Waals surface area contributed by atoms with Crippen LogP contribution >= 0.6 is 0 Å². The molecule has 0 aliphatic carbocycles. The molecule has 2 aromatic rings. The van der Waals surface area contributed by atoms with E-state index in [0.29, 0.717) is 0 Å². The van der Waals surface area contributed by atoms with Gasteiger partial charge in [-0.3, -0.25) is 10.1 Å². The topological polar surface area (TPSA) is 64.4 Å². The van der Waals surface area contributed by atoms with Crippen molar-refractivity contribution < 1.29 is 14.1 Å². The van der Waals surface area contributed by atoms with E-state index in [-0.39, 0.29) is 17.5 Å². The fourth-order valence-corrected chi connectivity index (χ4v) is 1.96. The predicted molar refractivity (Wildman–Crippen MR) is 78.1 cm³/mol. The summed E-state index contributed by atoms with van der Waals surface area (Å²) in [6.45, 7) is 1.88. The van der Waals surface area contributed by atoms with Crippen molar-refractivity contribution in [2.45, 2.75) is 13.0 Å². The van der Waals surface area contributed by atoms with E-state index in [4.69, 9.17) is 4.74 Å². The Labute approximate surface area is 121 Å². The molecule has 1 atom stereocenters. The van der Waals surface area contributed by atoms with Crippen LogP contribution in [0, 0.1) is 15.9 Å². The highest BCUT2D eigenvalue weighted by Gasteiger charge is 2.10. The van der Waals surface area contributed by atoms with Gasteiger partial charge in [-0.2, -0.15) is 0 Å². The Balaban J connectivity index is 2.12. The molecule has 0 aromatic heterocycles. The van der Waals surface area contributed by atoms with Crippen LogP contribution in [0.1, 0.15) is 18.5 Å². The molecule has 0 spiro atoms. The molecule has 0 radical (unpaired) electrons. The molecule has 6 heteroatoms. The van der Waals surface area contributed by atoms with Crippen molar-refractivity contribution in [1.29, 1.82) is 0 Å². The van der Waals surface area contributed by atoms with Crippen LogP contribution in [0.25, 0.3) is 0 Å². The standard InChI is InChI=1S/C15H15FN2O3/c1-10(11-3-8-15(21-2)14(16)9-11)17-12-4-6-13(7-5-12)18(19)20/h3-10,17H,1-2H3. The number of methoxy groups -OCH3 is 1. The van der Waals surface area contributed by atoms with Gasteiger partial charge in [0.2, 0.25) is 0 Å². The van der Waals surface area contributed by atoms with Crippen molar-refractivity contribution in [2.75, 3.05) is 12.4 Å². The van der Waals surface area contributed by atoms with Crippen LogP contribution in [0.15, 0.2) is 42.5 Å². The Bertz CT molecular complexity index is 644. The van der Waals surface area contributed by atoms with Crippen LogP contribution in [-0.4, -0.2) is 12.0 Å². The molecule has 0 saturated heterocycles. The third kappa shape index (κ3) is 3.47. The average Bonchev–Trinajstić information content (AvgIpc) is 2.47. The Morgan fingerprint density at radius 3 is 2.43 bits per heavy atom. The molecule has 0 amide bonds. The number of hydrogen-bond acceptors (Lipinski definition) is 4. The Morgan fingerprint density at radius 2 is 1.90 bits per heavy atom. The maximum atomic E-state index is 13.7. The second-order valence-corrected chi connectivity index (χ2v) is 4.56. The molecule has 5 nitrogen and oxygen atoms in total. The van der Waals surface area contributed by atoms with Crippen LogP contribution in [0.2, 0.25) is 0 Å². The summed E-state index contributed by atoms with van der Waals surface area (Å²) in [5.41, 5.74) is 1.51. The molecule has 0 fully saturated rings. The van der Waals surface area contributed by atoms with Gasteiger partial charge in [-0.05, 0) is 36.8 Å². The van der Waals surface area contributed by atoms with Gasteiger partial charge in [0.25, 0.3) is 5.69 Å². The van der Waals surface area contributed by atoms with Gasteiger partial charge >= 0.3 is 0 Å². The fraction of sp³-hybridized carbons (Fsp3) is 0.200. The first-order chi connectivity index (χ1) is 10.0. The number of rotatable bonds is 5. The van der Waals surface area contributed by atoms with Crippen LogP contribution in [0.3, 0.4) is 0 Å². The number of nitrogens with one attached hydrogen (secondary N) is 1. The second-order valence-electron chi connectivity index (χ2n) is 4.56. The highest BCUT2D eigenvalue weighted by Crippen LogP contribution is 2.25. The predicted octanol–water partition coefficient (Wildman–Crippen LogP) is 3.92. The minimum Gasteiger partial charge on any atom is -0.494 e. The van der Waals surface area contributed by atoms with E-state index in [2.05, 4.69) is 5.32 Å². The monoisotopic (exact) mass is 290 g/mol. The third-order valence-corrected chi connectivity index (χ3v) is 3.14. The Hall–Kier alpha value is -2.63. The van der Waals surface area contributed by atoms with E-state index in [1.165, 1.54) is 25.3 Å². The smallest absolute Gasteiger partial charge is 0.269 e. The van der Waals surface area contributed by atoms with E-state index < -0.39 is 10.7 Å². The van der Waals surface area contributed by atoms with Crippen molar-refractivity contribution in [1.82, 2.24) is 0 Å². The second kappa shape index (κ2) is 6.21. The van der Waals surface area contributed by atoms with E-state index in [1.54, 1.807) is 24.3 Å². The molecule has 21 heavy (non-hydrogen) atoms. The molecular weight excluding hydrogens is 275 g/mol. The molecule has 2 aromatic carbocycles. The summed E-state index contributed by atoms with van der Waals surface area (Å²) in [5.74, 6) is -0.228. The fourth-order valence-electron chi connectivity index (χ4n) is 1.96. The highest BCUT2D eigenvalue weighted by molar-refractivity contribution is 5.50. The molecule has 110 valence electrons. The quantitative estimate of drug-likeness (QED) is 0.669. The van der Waals surface area contributed by atoms with Gasteiger partial charge in [0.05, 0.1) is 12.0 Å². The van der Waals surface area contributed by atoms with Crippen molar-refractivity contribution in [2.24, 2.45) is 0 Å². The van der Waals surface area contributed by atoms with Gasteiger partial charge in [-0.1, -0.05) is 6.07 Å². The van der Waals surface area contributed by atoms with E-state index in [9.17, 15) is 14.5 Å². The van der Waals surface area contributed by atoms with E-state index >= 15 is 0 Å². The first kappa shape index (κ1) is 14.8. The summed E-state index contributed by atoms with van der Waals surface area (Å²) in [5, 5.41) is 13.7. The lowest BCUT2D eigenvalue weighted by molar-refractivity contribution is -0.384. The maximum absolute atomic E-state index is 13.7. The zero-order valence-corrected chi connectivity index (χ0v) is 11.7. The first-order valence-electron chi connectivity index (χ1n) is 6.35. The number of ether oxygens (including phenoxy) is 1. The maximum Gasteiger partial charge on any atom is 0.269 e. The van der Waals surface area contributed by atoms with Gasteiger partial charge in [0.15, 0.2) is 11.6 Å². The van der Waals surface area contributed by atoms with Crippen molar-refractivity contribution >= 4 is 11.4 Å². The number of nitro groups is 1. The molecular formula is C15H15FN2O3. The number of hydrogen-bond donors (Lipinski definition) is 1. The molecule has 1 N–H and O–H groups in total. The van der Waals surface area contributed by atoms with Gasteiger partial charge in [-0.25, -0.2) is 4.39 Å². The average molecular weight is 290 g/mol. The van der Waals surface area contributed by atoms with E-state index in [0.717, 1.165) is 11.3 Å². The van der Waals surface area contributed by atoms with Gasteiger partial charge < -0.3 is 10.1 Å². The number of nitrogens with zero attached hydrogens (tertiary/aromatic N) is 1. The highest BCUT2D eigenvalue weighted by atomic mass is 19.1. The molecule has 1 unspecified atom stereocenters. The Kier molecular flexibility index (Phi) is 4.37. The normalized spacial score (nSPS) is 11.8. The minimum atomic E-state index is -0.452. The summed E-state index contributed by atoms with van der Waals surface area (Å²) in [6, 6.07) is 10.7. The summed E-state index contributed by atoms with van der Waals surface area (Å²) >= 11 is 0. The SMILES string of the molecule is COc1ccc(C(C)Nc2ccc([N+](=O)[O-])cc2)cc1F. The van der Waals surface area contributed by atoms with Crippen LogP contribution in [-0.2, 0) is 0 Å². The number of non-ortho nitro benzene ring substituents is 1. The zero-order chi connectivity index (χ0) is 15.4. The van der Waals surface area contributed by atoms with Crippen LogP contribution in [0.5, 0.6) is 5.75 Å². The Morgan fingerprint density at radius 1 is 1.24 bits per heavy atom. The zero-order valence-electron chi connectivity index (χ0n) is 11.7. The lowest BCUT2D eigenvalue weighted by Gasteiger charge is -2.16. The minimum absolute atomic E-state index is 0.0312. The van der Waals surface area contributed by atoms with Crippen LogP contribution < -0.4 is 10.1 Å².